The zero-order valence-corrected chi connectivity index (χ0v) is 26.1. The molecule has 1 nitrogen and oxygen atoms in total. The second kappa shape index (κ2) is 19.0. The third-order valence-corrected chi connectivity index (χ3v) is 16.6. The Kier molecular flexibility index (Phi) is 17.1. The first kappa shape index (κ1) is 30.4. The molecule has 0 aromatic carbocycles. The van der Waals surface area contributed by atoms with Gasteiger partial charge < -0.3 is 5.32 Å². The van der Waals surface area contributed by atoms with Gasteiger partial charge in [-0.2, -0.15) is 0 Å². The average Bonchev–Trinajstić information content (AvgIpc) is 2.91. The molecular formula is C28H53Cl2CoNP2. The van der Waals surface area contributed by atoms with Gasteiger partial charge in [0.1, 0.15) is 0 Å². The molecule has 0 radical (unpaired) electrons. The minimum absolute atomic E-state index is 0.290. The molecule has 0 aromatic heterocycles. The Bertz CT molecular complexity index is 413. The van der Waals surface area contributed by atoms with E-state index < -0.39 is 0 Å². The van der Waals surface area contributed by atoms with Crippen LogP contribution in [0.25, 0.3) is 0 Å². The van der Waals surface area contributed by atoms with Crippen molar-refractivity contribution in [1.29, 1.82) is 0 Å². The van der Waals surface area contributed by atoms with Crippen LogP contribution >= 0.6 is 36.1 Å². The fourth-order valence-corrected chi connectivity index (χ4v) is 15.1. The van der Waals surface area contributed by atoms with E-state index in [4.69, 9.17) is 20.3 Å². The van der Waals surface area contributed by atoms with Gasteiger partial charge in [-0.25, -0.2) is 0 Å². The molecule has 0 saturated heterocycles. The van der Waals surface area contributed by atoms with Gasteiger partial charge in [-0.15, -0.1) is 0 Å². The maximum absolute atomic E-state index is 4.73. The monoisotopic (exact) mass is 594 g/mol. The first-order valence-corrected chi connectivity index (χ1v) is 21.1. The number of hydrogen-bond acceptors (Lipinski definition) is 1. The molecular weight excluding hydrogens is 542 g/mol. The summed E-state index contributed by atoms with van der Waals surface area (Å²) in [6.45, 7) is 2.69. The van der Waals surface area contributed by atoms with Crippen molar-refractivity contribution in [2.24, 2.45) is 0 Å². The molecule has 0 unspecified atom stereocenters. The van der Waals surface area contributed by atoms with E-state index in [1.807, 2.05) is 0 Å². The molecule has 0 spiro atoms. The molecule has 4 aliphatic rings. The van der Waals surface area contributed by atoms with Crippen molar-refractivity contribution in [2.75, 3.05) is 25.4 Å². The SMILES string of the molecule is C1CCC(P(CCNCCP(C2CCCCC2)C2CCCCC2)C2CCCCC2)CC1.[Cl][Co][Cl]. The predicted octanol–water partition coefficient (Wildman–Crippen LogP) is 10.2. The topological polar surface area (TPSA) is 12.0 Å². The summed E-state index contributed by atoms with van der Waals surface area (Å²) in [5.41, 5.74) is 4.54. The van der Waals surface area contributed by atoms with E-state index in [2.05, 4.69) is 5.32 Å². The Morgan fingerprint density at radius 1 is 0.471 bits per heavy atom. The second-order valence-electron chi connectivity index (χ2n) is 11.4. The van der Waals surface area contributed by atoms with Crippen LogP contribution in [0.15, 0.2) is 0 Å². The summed E-state index contributed by atoms with van der Waals surface area (Å²) in [7, 11) is 10.0. The van der Waals surface area contributed by atoms with E-state index in [-0.39, 0.29) is 15.8 Å². The molecule has 4 fully saturated rings. The van der Waals surface area contributed by atoms with Crippen LogP contribution < -0.4 is 5.32 Å². The molecule has 0 bridgehead atoms. The summed E-state index contributed by atoms with van der Waals surface area (Å²) in [4.78, 5) is 0. The number of hydrogen-bond donors (Lipinski definition) is 1. The van der Waals surface area contributed by atoms with Crippen LogP contribution in [0.5, 0.6) is 0 Å². The van der Waals surface area contributed by atoms with Gasteiger partial charge in [-0.3, -0.25) is 0 Å². The number of nitrogens with one attached hydrogen (secondary N) is 1. The van der Waals surface area contributed by atoms with Crippen LogP contribution in [-0.2, 0) is 12.9 Å². The van der Waals surface area contributed by atoms with Crippen LogP contribution in [0.2, 0.25) is 0 Å². The van der Waals surface area contributed by atoms with Gasteiger partial charge in [0.05, 0.1) is 0 Å². The van der Waals surface area contributed by atoms with Gasteiger partial charge in [0, 0.05) is 0 Å². The molecule has 4 rings (SSSR count). The van der Waals surface area contributed by atoms with E-state index in [0.717, 1.165) is 22.6 Å². The van der Waals surface area contributed by atoms with Crippen molar-refractivity contribution in [3.8, 4) is 0 Å². The predicted molar refractivity (Wildman–Crippen MR) is 156 cm³/mol. The molecule has 1 N–H and O–H groups in total. The van der Waals surface area contributed by atoms with Crippen LogP contribution in [-0.4, -0.2) is 48.0 Å². The van der Waals surface area contributed by atoms with Crippen molar-refractivity contribution in [3.05, 3.63) is 0 Å². The molecule has 0 heterocycles. The summed E-state index contributed by atoms with van der Waals surface area (Å²) in [6.07, 6.45) is 34.1. The van der Waals surface area contributed by atoms with Crippen molar-refractivity contribution >= 4 is 36.1 Å². The Morgan fingerprint density at radius 2 is 0.706 bits per heavy atom. The maximum atomic E-state index is 4.73. The van der Waals surface area contributed by atoms with Crippen LogP contribution in [0.4, 0.5) is 0 Å². The van der Waals surface area contributed by atoms with Crippen LogP contribution in [0.1, 0.15) is 128 Å². The fraction of sp³-hybridized carbons (Fsp3) is 1.00. The van der Waals surface area contributed by atoms with Gasteiger partial charge in [0.25, 0.3) is 0 Å². The molecule has 4 saturated carbocycles. The van der Waals surface area contributed by atoms with Crippen molar-refractivity contribution in [3.63, 3.8) is 0 Å². The zero-order chi connectivity index (χ0) is 23.8. The summed E-state index contributed by atoms with van der Waals surface area (Å²) >= 11 is 0.382. The van der Waals surface area contributed by atoms with E-state index in [1.165, 1.54) is 90.1 Å². The third-order valence-electron chi connectivity index (χ3n) is 9.27. The van der Waals surface area contributed by atoms with Gasteiger partial charge in [0.15, 0.2) is 0 Å². The molecule has 4 aliphatic carbocycles. The minimum atomic E-state index is 0.290. The van der Waals surface area contributed by atoms with Crippen molar-refractivity contribution in [1.82, 2.24) is 5.32 Å². The Labute approximate surface area is 229 Å². The van der Waals surface area contributed by atoms with E-state index in [1.54, 1.807) is 63.7 Å². The first-order chi connectivity index (χ1) is 16.8. The molecule has 0 atom stereocenters. The van der Waals surface area contributed by atoms with Gasteiger partial charge in [-0.05, 0) is 99.4 Å². The Hall–Kier alpha value is 1.91. The standard InChI is InChI=1S/C28H53NP2.2ClH.Co/c1-5-13-25(14-6-1)30(26-15-7-2-8-16-26)23-21-29-22-24-31(27-17-9-3-10-18-27)28-19-11-4-12-20-28;;;/h25-29H,1-24H2;2*1H;/q;;;+2/p-2. The summed E-state index contributed by atoms with van der Waals surface area (Å²) in [5, 5.41) is 4.04. The van der Waals surface area contributed by atoms with Gasteiger partial charge in [-0.1, -0.05) is 92.9 Å². The van der Waals surface area contributed by atoms with E-state index in [0.29, 0.717) is 12.9 Å². The van der Waals surface area contributed by atoms with E-state index >= 15 is 0 Å². The Balaban J connectivity index is 0.00000103. The van der Waals surface area contributed by atoms with Crippen molar-refractivity contribution in [2.45, 2.75) is 151 Å². The van der Waals surface area contributed by atoms with Gasteiger partial charge >= 0.3 is 33.2 Å². The second-order valence-corrected chi connectivity index (χ2v) is 19.0. The number of halogens is 2. The fourth-order valence-electron chi connectivity index (χ4n) is 7.52. The molecule has 203 valence electrons. The molecule has 6 heteroatoms. The third kappa shape index (κ3) is 10.9. The quantitative estimate of drug-likeness (QED) is 0.196. The summed E-state index contributed by atoms with van der Waals surface area (Å²) in [6, 6.07) is 0. The Morgan fingerprint density at radius 3 is 0.941 bits per heavy atom. The van der Waals surface area contributed by atoms with Gasteiger partial charge in [0.2, 0.25) is 0 Å². The number of rotatable bonds is 10. The molecule has 0 amide bonds. The van der Waals surface area contributed by atoms with E-state index in [9.17, 15) is 0 Å². The first-order valence-electron chi connectivity index (χ1n) is 14.9. The zero-order valence-electron chi connectivity index (χ0n) is 21.8. The summed E-state index contributed by atoms with van der Waals surface area (Å²) in [5.74, 6) is 0. The molecule has 0 aromatic rings. The molecule has 0 aliphatic heterocycles. The average molecular weight is 596 g/mol. The molecule has 34 heavy (non-hydrogen) atoms. The van der Waals surface area contributed by atoms with Crippen molar-refractivity contribution < 1.29 is 12.9 Å². The summed E-state index contributed by atoms with van der Waals surface area (Å²) < 4.78 is 0. The van der Waals surface area contributed by atoms with Crippen LogP contribution in [0.3, 0.4) is 0 Å². The normalized spacial score (nSPS) is 24.5. The van der Waals surface area contributed by atoms with Crippen LogP contribution in [0, 0.1) is 0 Å².